The molecule has 2 bridgehead atoms. The first-order valence-electron chi connectivity index (χ1n) is 4.86. The second kappa shape index (κ2) is 2.72. The molecule has 0 heterocycles. The maximum Gasteiger partial charge on any atom is 0.120 e. The normalized spacial score (nSPS) is 39.4. The van der Waals surface area contributed by atoms with E-state index < -0.39 is 0 Å². The summed E-state index contributed by atoms with van der Waals surface area (Å²) >= 11 is 0. The van der Waals surface area contributed by atoms with Crippen LogP contribution < -0.4 is 0 Å². The van der Waals surface area contributed by atoms with Gasteiger partial charge >= 0.3 is 0 Å². The molecule has 0 aromatic carbocycles. The average molecular weight is 164 g/mol. The first-order chi connectivity index (χ1) is 5.74. The highest BCUT2D eigenvalue weighted by molar-refractivity contribution is 5.51. The van der Waals surface area contributed by atoms with Crippen LogP contribution in [0.15, 0.2) is 11.6 Å². The summed E-state index contributed by atoms with van der Waals surface area (Å²) in [5.74, 6) is 0.799. The highest BCUT2D eigenvalue weighted by Gasteiger charge is 2.39. The minimum Gasteiger partial charge on any atom is -0.303 e. The van der Waals surface area contributed by atoms with Crippen LogP contribution in [0, 0.1) is 11.3 Å². The molecule has 1 heteroatoms. The predicted octanol–water partition coefficient (Wildman–Crippen LogP) is 2.71. The highest BCUT2D eigenvalue weighted by atomic mass is 16.1. The summed E-state index contributed by atoms with van der Waals surface area (Å²) < 4.78 is 0. The molecule has 2 aliphatic rings. The van der Waals surface area contributed by atoms with Crippen LogP contribution >= 0.6 is 0 Å². The van der Waals surface area contributed by atoms with Crippen molar-refractivity contribution < 1.29 is 4.79 Å². The molecule has 66 valence electrons. The molecule has 0 radical (unpaired) electrons. The zero-order valence-corrected chi connectivity index (χ0v) is 7.68. The van der Waals surface area contributed by atoms with Crippen molar-refractivity contribution in [1.29, 1.82) is 0 Å². The van der Waals surface area contributed by atoms with Gasteiger partial charge < -0.3 is 4.79 Å². The average Bonchev–Trinajstić information content (AvgIpc) is 2.27. The zero-order chi connectivity index (χ0) is 8.60. The fourth-order valence-electron chi connectivity index (χ4n) is 2.97. The summed E-state index contributed by atoms with van der Waals surface area (Å²) in [5, 5.41) is 0. The molecule has 0 aromatic heterocycles. The van der Waals surface area contributed by atoms with E-state index in [1.165, 1.54) is 19.3 Å². The van der Waals surface area contributed by atoms with Crippen molar-refractivity contribution in [3.05, 3.63) is 11.6 Å². The Kier molecular flexibility index (Phi) is 1.82. The molecule has 0 spiro atoms. The van der Waals surface area contributed by atoms with E-state index in [0.717, 1.165) is 25.0 Å². The maximum absolute atomic E-state index is 10.5. The third-order valence-electron chi connectivity index (χ3n) is 3.33. The van der Waals surface area contributed by atoms with Crippen molar-refractivity contribution in [2.75, 3.05) is 0 Å². The van der Waals surface area contributed by atoms with Crippen molar-refractivity contribution in [2.24, 2.45) is 11.3 Å². The van der Waals surface area contributed by atoms with Gasteiger partial charge in [0.25, 0.3) is 0 Å². The van der Waals surface area contributed by atoms with Gasteiger partial charge in [-0.3, -0.25) is 0 Å². The second-order valence-corrected chi connectivity index (χ2v) is 4.63. The van der Waals surface area contributed by atoms with E-state index in [0.29, 0.717) is 5.41 Å². The molecule has 0 aliphatic heterocycles. The Morgan fingerprint density at radius 1 is 1.75 bits per heavy atom. The number of hydrogen-bond acceptors (Lipinski definition) is 1. The lowest BCUT2D eigenvalue weighted by Crippen LogP contribution is -2.24. The van der Waals surface area contributed by atoms with E-state index in [4.69, 9.17) is 0 Å². The fraction of sp³-hybridized carbons (Fsp3) is 0.727. The summed E-state index contributed by atoms with van der Waals surface area (Å²) in [4.78, 5) is 10.5. The van der Waals surface area contributed by atoms with Crippen LogP contribution in [-0.4, -0.2) is 6.29 Å². The lowest BCUT2D eigenvalue weighted by atomic mass is 9.70. The summed E-state index contributed by atoms with van der Waals surface area (Å²) in [5.41, 5.74) is 1.96. The van der Waals surface area contributed by atoms with E-state index in [2.05, 4.69) is 13.0 Å². The molecule has 2 aliphatic carbocycles. The summed E-state index contributed by atoms with van der Waals surface area (Å²) in [6, 6.07) is 0. The molecular weight excluding hydrogens is 148 g/mol. The predicted molar refractivity (Wildman–Crippen MR) is 48.8 cm³/mol. The molecular formula is C11H16O. The van der Waals surface area contributed by atoms with Crippen molar-refractivity contribution >= 4 is 6.29 Å². The molecule has 1 nitrogen and oxygen atoms in total. The first-order valence-corrected chi connectivity index (χ1v) is 4.86. The van der Waals surface area contributed by atoms with Crippen molar-refractivity contribution in [2.45, 2.75) is 39.0 Å². The number of fused-ring (bicyclic) bond motifs is 2. The minimum absolute atomic E-state index is 0.356. The SMILES string of the molecule is CC1CC2=CCC(CC=O)(C2)C1. The van der Waals surface area contributed by atoms with E-state index in [9.17, 15) is 4.79 Å². The van der Waals surface area contributed by atoms with Gasteiger partial charge in [0.2, 0.25) is 0 Å². The van der Waals surface area contributed by atoms with Crippen molar-refractivity contribution in [3.63, 3.8) is 0 Å². The first kappa shape index (κ1) is 8.03. The Morgan fingerprint density at radius 2 is 2.58 bits per heavy atom. The minimum atomic E-state index is 0.356. The van der Waals surface area contributed by atoms with Gasteiger partial charge in [0.05, 0.1) is 0 Å². The van der Waals surface area contributed by atoms with Gasteiger partial charge in [0, 0.05) is 6.42 Å². The van der Waals surface area contributed by atoms with E-state index >= 15 is 0 Å². The largest absolute Gasteiger partial charge is 0.303 e. The van der Waals surface area contributed by atoms with Crippen molar-refractivity contribution in [1.82, 2.24) is 0 Å². The Morgan fingerprint density at radius 3 is 3.33 bits per heavy atom. The van der Waals surface area contributed by atoms with Gasteiger partial charge in [-0.15, -0.1) is 0 Å². The Bertz CT molecular complexity index is 229. The molecule has 1 saturated carbocycles. The van der Waals surface area contributed by atoms with E-state index in [-0.39, 0.29) is 0 Å². The van der Waals surface area contributed by atoms with Crippen LogP contribution in [0.25, 0.3) is 0 Å². The smallest absolute Gasteiger partial charge is 0.120 e. The molecule has 0 aromatic rings. The van der Waals surface area contributed by atoms with Crippen LogP contribution in [0.4, 0.5) is 0 Å². The number of aldehydes is 1. The standard InChI is InChI=1S/C11H16O/c1-9-6-10-2-3-11(7-9,8-10)4-5-12/h2,5,9H,3-4,6-8H2,1H3. The molecule has 0 N–H and O–H groups in total. The quantitative estimate of drug-likeness (QED) is 0.453. The lowest BCUT2D eigenvalue weighted by molar-refractivity contribution is -0.110. The van der Waals surface area contributed by atoms with Crippen molar-refractivity contribution in [3.8, 4) is 0 Å². The van der Waals surface area contributed by atoms with Gasteiger partial charge in [0.1, 0.15) is 6.29 Å². The van der Waals surface area contributed by atoms with Gasteiger partial charge in [-0.1, -0.05) is 18.6 Å². The molecule has 0 saturated heterocycles. The van der Waals surface area contributed by atoms with Crippen LogP contribution in [-0.2, 0) is 4.79 Å². The molecule has 12 heavy (non-hydrogen) atoms. The summed E-state index contributed by atoms with van der Waals surface area (Å²) in [6.07, 6.45) is 9.15. The highest BCUT2D eigenvalue weighted by Crippen LogP contribution is 2.51. The third-order valence-corrected chi connectivity index (χ3v) is 3.33. The number of carbonyl (C=O) groups excluding carboxylic acids is 1. The fourth-order valence-corrected chi connectivity index (χ4v) is 2.97. The third kappa shape index (κ3) is 1.21. The van der Waals surface area contributed by atoms with Gasteiger partial charge in [-0.2, -0.15) is 0 Å². The number of allylic oxidation sites excluding steroid dienone is 2. The van der Waals surface area contributed by atoms with Gasteiger partial charge in [0.15, 0.2) is 0 Å². The van der Waals surface area contributed by atoms with E-state index in [1.54, 1.807) is 5.57 Å². The second-order valence-electron chi connectivity index (χ2n) is 4.63. The Balaban J connectivity index is 2.14. The lowest BCUT2D eigenvalue weighted by Gasteiger charge is -2.34. The van der Waals surface area contributed by atoms with Gasteiger partial charge in [-0.05, 0) is 37.0 Å². The van der Waals surface area contributed by atoms with Crippen LogP contribution in [0.2, 0.25) is 0 Å². The molecule has 2 rings (SSSR count). The number of carbonyl (C=O) groups is 1. The molecule has 2 unspecified atom stereocenters. The number of hydrogen-bond donors (Lipinski definition) is 0. The van der Waals surface area contributed by atoms with E-state index in [1.807, 2.05) is 0 Å². The Hall–Kier alpha value is -0.590. The van der Waals surface area contributed by atoms with Crippen LogP contribution in [0.5, 0.6) is 0 Å². The monoisotopic (exact) mass is 164 g/mol. The molecule has 1 fully saturated rings. The maximum atomic E-state index is 10.5. The zero-order valence-electron chi connectivity index (χ0n) is 7.68. The van der Waals surface area contributed by atoms with Crippen LogP contribution in [0.3, 0.4) is 0 Å². The van der Waals surface area contributed by atoms with Crippen LogP contribution in [0.1, 0.15) is 39.0 Å². The topological polar surface area (TPSA) is 17.1 Å². The number of rotatable bonds is 2. The summed E-state index contributed by atoms with van der Waals surface area (Å²) in [6.45, 7) is 2.30. The van der Waals surface area contributed by atoms with Gasteiger partial charge in [-0.25, -0.2) is 0 Å². The summed E-state index contributed by atoms with van der Waals surface area (Å²) in [7, 11) is 0. The molecule has 2 atom stereocenters. The Labute approximate surface area is 73.8 Å². The molecule has 0 amide bonds.